The summed E-state index contributed by atoms with van der Waals surface area (Å²) in [6, 6.07) is 0. The molecule has 0 saturated heterocycles. The Bertz CT molecular complexity index is 228. The van der Waals surface area contributed by atoms with Crippen LogP contribution in [0.5, 0.6) is 0 Å². The number of rotatable bonds is 4. The molecule has 0 radical (unpaired) electrons. The lowest BCUT2D eigenvalue weighted by molar-refractivity contribution is -0.117. The topological polar surface area (TPSA) is 29.1 Å². The van der Waals surface area contributed by atoms with E-state index in [1.807, 2.05) is 12.2 Å². The summed E-state index contributed by atoms with van der Waals surface area (Å²) in [5.74, 6) is 0.109. The maximum atomic E-state index is 11.5. The van der Waals surface area contributed by atoms with E-state index in [1.165, 1.54) is 0 Å². The van der Waals surface area contributed by atoms with Gasteiger partial charge in [0.05, 0.1) is 0 Å². The SMILES string of the molecule is CCCCNC(=O)C1=CC=CCC1. The highest BCUT2D eigenvalue weighted by atomic mass is 16.1. The minimum Gasteiger partial charge on any atom is -0.352 e. The summed E-state index contributed by atoms with van der Waals surface area (Å²) in [5, 5.41) is 2.91. The van der Waals surface area contributed by atoms with Gasteiger partial charge in [0.2, 0.25) is 5.91 Å². The molecular formula is C11H17NO. The Morgan fingerprint density at radius 2 is 2.46 bits per heavy atom. The molecule has 1 N–H and O–H groups in total. The summed E-state index contributed by atoms with van der Waals surface area (Å²) >= 11 is 0. The minimum absolute atomic E-state index is 0.109. The molecule has 1 amide bonds. The molecule has 0 fully saturated rings. The number of nitrogens with one attached hydrogen (secondary N) is 1. The zero-order valence-corrected chi connectivity index (χ0v) is 8.18. The fourth-order valence-electron chi connectivity index (χ4n) is 1.28. The smallest absolute Gasteiger partial charge is 0.247 e. The number of unbranched alkanes of at least 4 members (excludes halogenated alkanes) is 1. The summed E-state index contributed by atoms with van der Waals surface area (Å²) in [7, 11) is 0. The summed E-state index contributed by atoms with van der Waals surface area (Å²) < 4.78 is 0. The van der Waals surface area contributed by atoms with Gasteiger partial charge in [-0.1, -0.05) is 31.6 Å². The minimum atomic E-state index is 0.109. The van der Waals surface area contributed by atoms with E-state index < -0.39 is 0 Å². The molecule has 1 aliphatic rings. The molecule has 0 aliphatic heterocycles. The molecule has 2 nitrogen and oxygen atoms in total. The predicted octanol–water partition coefficient (Wildman–Crippen LogP) is 2.18. The predicted molar refractivity (Wildman–Crippen MR) is 54.4 cm³/mol. The van der Waals surface area contributed by atoms with Crippen LogP contribution in [-0.4, -0.2) is 12.5 Å². The molecule has 0 aromatic heterocycles. The van der Waals surface area contributed by atoms with Gasteiger partial charge in [-0.25, -0.2) is 0 Å². The Balaban J connectivity index is 2.30. The monoisotopic (exact) mass is 179 g/mol. The van der Waals surface area contributed by atoms with Crippen molar-refractivity contribution < 1.29 is 4.79 Å². The van der Waals surface area contributed by atoms with E-state index in [4.69, 9.17) is 0 Å². The highest BCUT2D eigenvalue weighted by Crippen LogP contribution is 2.11. The molecule has 72 valence electrons. The van der Waals surface area contributed by atoms with Crippen LogP contribution < -0.4 is 5.32 Å². The molecule has 0 heterocycles. The van der Waals surface area contributed by atoms with Crippen molar-refractivity contribution >= 4 is 5.91 Å². The Morgan fingerprint density at radius 1 is 1.62 bits per heavy atom. The first-order valence-electron chi connectivity index (χ1n) is 4.98. The van der Waals surface area contributed by atoms with Crippen molar-refractivity contribution in [2.75, 3.05) is 6.54 Å². The van der Waals surface area contributed by atoms with Crippen LogP contribution in [0.2, 0.25) is 0 Å². The normalized spacial score (nSPS) is 15.3. The van der Waals surface area contributed by atoms with Gasteiger partial charge in [0.25, 0.3) is 0 Å². The molecular weight excluding hydrogens is 162 g/mol. The van der Waals surface area contributed by atoms with Gasteiger partial charge in [0.1, 0.15) is 0 Å². The molecule has 0 aromatic rings. The molecule has 0 unspecified atom stereocenters. The second kappa shape index (κ2) is 5.57. The van der Waals surface area contributed by atoms with Gasteiger partial charge >= 0.3 is 0 Å². The maximum Gasteiger partial charge on any atom is 0.247 e. The zero-order chi connectivity index (χ0) is 9.52. The first kappa shape index (κ1) is 10.0. The second-order valence-corrected chi connectivity index (χ2v) is 3.27. The second-order valence-electron chi connectivity index (χ2n) is 3.27. The zero-order valence-electron chi connectivity index (χ0n) is 8.18. The Labute approximate surface area is 79.7 Å². The third-order valence-electron chi connectivity index (χ3n) is 2.12. The van der Waals surface area contributed by atoms with E-state index in [-0.39, 0.29) is 5.91 Å². The Kier molecular flexibility index (Phi) is 4.30. The lowest BCUT2D eigenvalue weighted by atomic mass is 10.0. The van der Waals surface area contributed by atoms with Gasteiger partial charge in [0, 0.05) is 12.1 Å². The van der Waals surface area contributed by atoms with Gasteiger partial charge in [-0.05, 0) is 19.3 Å². The average molecular weight is 179 g/mol. The molecule has 2 heteroatoms. The van der Waals surface area contributed by atoms with Crippen molar-refractivity contribution in [1.29, 1.82) is 0 Å². The van der Waals surface area contributed by atoms with Crippen LogP contribution in [-0.2, 0) is 4.79 Å². The Morgan fingerprint density at radius 3 is 3.08 bits per heavy atom. The molecule has 0 bridgehead atoms. The number of amides is 1. The number of carbonyl (C=O) groups is 1. The van der Waals surface area contributed by atoms with Gasteiger partial charge in [0.15, 0.2) is 0 Å². The van der Waals surface area contributed by atoms with Crippen molar-refractivity contribution in [2.45, 2.75) is 32.6 Å². The molecule has 0 saturated carbocycles. The van der Waals surface area contributed by atoms with Crippen molar-refractivity contribution in [1.82, 2.24) is 5.32 Å². The van der Waals surface area contributed by atoms with Crippen molar-refractivity contribution in [3.63, 3.8) is 0 Å². The molecule has 0 aromatic carbocycles. The van der Waals surface area contributed by atoms with Crippen molar-refractivity contribution in [3.8, 4) is 0 Å². The quantitative estimate of drug-likeness (QED) is 0.658. The summed E-state index contributed by atoms with van der Waals surface area (Å²) in [6.45, 7) is 2.92. The molecule has 1 rings (SSSR count). The van der Waals surface area contributed by atoms with Crippen molar-refractivity contribution in [2.24, 2.45) is 0 Å². The summed E-state index contributed by atoms with van der Waals surface area (Å²) in [4.78, 5) is 11.5. The summed E-state index contributed by atoms with van der Waals surface area (Å²) in [5.41, 5.74) is 0.915. The fraction of sp³-hybridized carbons (Fsp3) is 0.545. The van der Waals surface area contributed by atoms with Crippen LogP contribution in [0, 0.1) is 0 Å². The molecule has 13 heavy (non-hydrogen) atoms. The standard InChI is InChI=1S/C11H17NO/c1-2-3-9-12-11(13)10-7-5-4-6-8-10/h4-5,7H,2-3,6,8-9H2,1H3,(H,12,13). The van der Waals surface area contributed by atoms with Crippen LogP contribution >= 0.6 is 0 Å². The highest BCUT2D eigenvalue weighted by molar-refractivity contribution is 5.93. The highest BCUT2D eigenvalue weighted by Gasteiger charge is 2.08. The van der Waals surface area contributed by atoms with E-state index in [2.05, 4.69) is 18.3 Å². The number of hydrogen-bond acceptors (Lipinski definition) is 1. The Hall–Kier alpha value is -1.05. The molecule has 0 atom stereocenters. The third-order valence-corrected chi connectivity index (χ3v) is 2.12. The number of hydrogen-bond donors (Lipinski definition) is 1. The first-order chi connectivity index (χ1) is 6.34. The van der Waals surface area contributed by atoms with Crippen LogP contribution in [0.1, 0.15) is 32.6 Å². The van der Waals surface area contributed by atoms with E-state index >= 15 is 0 Å². The average Bonchev–Trinajstić information content (AvgIpc) is 2.19. The number of allylic oxidation sites excluding steroid dienone is 3. The van der Waals surface area contributed by atoms with Gasteiger partial charge in [-0.3, -0.25) is 4.79 Å². The first-order valence-corrected chi connectivity index (χ1v) is 4.98. The van der Waals surface area contributed by atoms with Crippen LogP contribution in [0.3, 0.4) is 0 Å². The molecule has 0 spiro atoms. The lowest BCUT2D eigenvalue weighted by Gasteiger charge is -2.08. The van der Waals surface area contributed by atoms with E-state index in [0.717, 1.165) is 37.8 Å². The van der Waals surface area contributed by atoms with Gasteiger partial charge < -0.3 is 5.32 Å². The van der Waals surface area contributed by atoms with Crippen molar-refractivity contribution in [3.05, 3.63) is 23.8 Å². The largest absolute Gasteiger partial charge is 0.352 e. The van der Waals surface area contributed by atoms with Crippen LogP contribution in [0.4, 0.5) is 0 Å². The summed E-state index contributed by atoms with van der Waals surface area (Å²) in [6.07, 6.45) is 10.0. The van der Waals surface area contributed by atoms with Crippen LogP contribution in [0.25, 0.3) is 0 Å². The third kappa shape index (κ3) is 3.45. The van der Waals surface area contributed by atoms with Gasteiger partial charge in [-0.2, -0.15) is 0 Å². The van der Waals surface area contributed by atoms with E-state index in [1.54, 1.807) is 0 Å². The maximum absolute atomic E-state index is 11.5. The van der Waals surface area contributed by atoms with Gasteiger partial charge in [-0.15, -0.1) is 0 Å². The van der Waals surface area contributed by atoms with E-state index in [9.17, 15) is 4.79 Å². The number of carbonyl (C=O) groups excluding carboxylic acids is 1. The fourth-order valence-corrected chi connectivity index (χ4v) is 1.28. The van der Waals surface area contributed by atoms with Crippen LogP contribution in [0.15, 0.2) is 23.8 Å². The lowest BCUT2D eigenvalue weighted by Crippen LogP contribution is -2.26. The molecule has 1 aliphatic carbocycles. The van der Waals surface area contributed by atoms with E-state index in [0.29, 0.717) is 0 Å².